The number of aliphatic hydroxyl groups excluding tert-OH is 1. The lowest BCUT2D eigenvalue weighted by atomic mass is 10.1. The lowest BCUT2D eigenvalue weighted by Crippen LogP contribution is -1.79. The van der Waals surface area contributed by atoms with E-state index in [-0.39, 0.29) is 0 Å². The van der Waals surface area contributed by atoms with Crippen LogP contribution in [0.25, 0.3) is 0 Å². The molecule has 0 fully saturated rings. The van der Waals surface area contributed by atoms with Crippen molar-refractivity contribution in [3.05, 3.63) is 72.6 Å². The predicted molar refractivity (Wildman–Crippen MR) is 119 cm³/mol. The minimum atomic E-state index is 0.907. The van der Waals surface area contributed by atoms with Gasteiger partial charge in [0.2, 0.25) is 0 Å². The van der Waals surface area contributed by atoms with Gasteiger partial charge in [-0.3, -0.25) is 0 Å². The molecule has 0 saturated heterocycles. The lowest BCUT2D eigenvalue weighted by Gasteiger charge is -1.99. The van der Waals surface area contributed by atoms with Gasteiger partial charge in [-0.25, -0.2) is 0 Å². The molecule has 0 aromatic carbocycles. The number of aliphatic hydroxyl groups is 1. The van der Waals surface area contributed by atoms with Crippen molar-refractivity contribution in [2.75, 3.05) is 0 Å². The zero-order valence-electron chi connectivity index (χ0n) is 17.1. The van der Waals surface area contributed by atoms with E-state index in [0.29, 0.717) is 0 Å². The predicted octanol–water partition coefficient (Wildman–Crippen LogP) is 8.54. The molecule has 0 bridgehead atoms. The number of rotatable bonds is 16. The van der Waals surface area contributed by atoms with Crippen molar-refractivity contribution >= 4 is 0 Å². The van der Waals surface area contributed by atoms with Crippen LogP contribution in [0.2, 0.25) is 0 Å². The summed E-state index contributed by atoms with van der Waals surface area (Å²) in [7, 11) is 0. The molecule has 1 nitrogen and oxygen atoms in total. The molecule has 146 valence electrons. The van der Waals surface area contributed by atoms with Gasteiger partial charge in [0.25, 0.3) is 0 Å². The SMILES string of the molecule is CCCCCCCCCCC=CC=CC=CC=CC=CC(=CO)CCC. The highest BCUT2D eigenvalue weighted by Gasteiger charge is 1.90. The summed E-state index contributed by atoms with van der Waals surface area (Å²) >= 11 is 0. The van der Waals surface area contributed by atoms with E-state index in [1.165, 1.54) is 64.0 Å². The number of unbranched alkanes of at least 4 members (excludes halogenated alkanes) is 8. The molecular weight excluding hydrogens is 316 g/mol. The van der Waals surface area contributed by atoms with Crippen LogP contribution in [0.4, 0.5) is 0 Å². The fraction of sp³-hybridized carbons (Fsp3) is 0.520. The van der Waals surface area contributed by atoms with Crippen LogP contribution in [-0.2, 0) is 0 Å². The van der Waals surface area contributed by atoms with Crippen LogP contribution < -0.4 is 0 Å². The number of allylic oxidation sites excluding steroid dienone is 11. The van der Waals surface area contributed by atoms with Gasteiger partial charge in [-0.05, 0) is 24.8 Å². The van der Waals surface area contributed by atoms with Gasteiger partial charge in [0.1, 0.15) is 0 Å². The maximum absolute atomic E-state index is 9.03. The summed E-state index contributed by atoms with van der Waals surface area (Å²) in [5, 5.41) is 9.03. The zero-order valence-corrected chi connectivity index (χ0v) is 17.1. The summed E-state index contributed by atoms with van der Waals surface area (Å²) in [6.45, 7) is 4.37. The quantitative estimate of drug-likeness (QED) is 0.167. The minimum Gasteiger partial charge on any atom is -0.515 e. The van der Waals surface area contributed by atoms with E-state index >= 15 is 0 Å². The van der Waals surface area contributed by atoms with Crippen LogP contribution in [0.3, 0.4) is 0 Å². The largest absolute Gasteiger partial charge is 0.515 e. The molecule has 0 aromatic heterocycles. The lowest BCUT2D eigenvalue weighted by molar-refractivity contribution is 0.466. The van der Waals surface area contributed by atoms with Gasteiger partial charge >= 0.3 is 0 Å². The molecule has 1 heteroatoms. The van der Waals surface area contributed by atoms with Crippen LogP contribution >= 0.6 is 0 Å². The second-order valence-corrected chi connectivity index (χ2v) is 6.66. The Kier molecular flexibility index (Phi) is 19.8. The van der Waals surface area contributed by atoms with Crippen molar-refractivity contribution in [2.24, 2.45) is 0 Å². The van der Waals surface area contributed by atoms with Crippen molar-refractivity contribution in [1.29, 1.82) is 0 Å². The normalized spacial score (nSPS) is 13.5. The van der Waals surface area contributed by atoms with E-state index in [0.717, 1.165) is 18.4 Å². The van der Waals surface area contributed by atoms with E-state index in [4.69, 9.17) is 5.11 Å². The van der Waals surface area contributed by atoms with Gasteiger partial charge in [0, 0.05) is 0 Å². The average molecular weight is 357 g/mol. The second kappa shape index (κ2) is 21.3. The van der Waals surface area contributed by atoms with Crippen molar-refractivity contribution in [3.63, 3.8) is 0 Å². The van der Waals surface area contributed by atoms with Crippen molar-refractivity contribution in [1.82, 2.24) is 0 Å². The van der Waals surface area contributed by atoms with Gasteiger partial charge in [-0.1, -0.05) is 126 Å². The topological polar surface area (TPSA) is 20.2 Å². The molecule has 0 aliphatic heterocycles. The molecule has 0 unspecified atom stereocenters. The molecule has 0 saturated carbocycles. The monoisotopic (exact) mass is 356 g/mol. The van der Waals surface area contributed by atoms with Gasteiger partial charge in [0.15, 0.2) is 0 Å². The molecule has 0 radical (unpaired) electrons. The van der Waals surface area contributed by atoms with E-state index in [9.17, 15) is 0 Å². The molecule has 0 rings (SSSR count). The van der Waals surface area contributed by atoms with E-state index in [2.05, 4.69) is 38.2 Å². The molecule has 0 aliphatic rings. The fourth-order valence-corrected chi connectivity index (χ4v) is 2.61. The van der Waals surface area contributed by atoms with Crippen LogP contribution in [0.5, 0.6) is 0 Å². The van der Waals surface area contributed by atoms with Crippen molar-refractivity contribution in [3.8, 4) is 0 Å². The summed E-state index contributed by atoms with van der Waals surface area (Å²) in [6, 6.07) is 0. The molecule has 0 heterocycles. The summed E-state index contributed by atoms with van der Waals surface area (Å²) in [4.78, 5) is 0. The Morgan fingerprint density at radius 2 is 1.15 bits per heavy atom. The van der Waals surface area contributed by atoms with Gasteiger partial charge < -0.3 is 5.11 Å². The Hall–Kier alpha value is -1.76. The van der Waals surface area contributed by atoms with E-state index in [1.807, 2.05) is 36.5 Å². The van der Waals surface area contributed by atoms with Crippen LogP contribution in [0.1, 0.15) is 84.5 Å². The Labute approximate surface area is 162 Å². The molecule has 0 aromatic rings. The summed E-state index contributed by atoms with van der Waals surface area (Å²) in [5.74, 6) is 0. The third-order valence-corrected chi connectivity index (χ3v) is 4.15. The first kappa shape index (κ1) is 24.2. The standard InChI is InChI=1S/C25H40O/c1-3-5-6-7-8-9-10-11-12-13-14-15-16-17-18-19-20-21-23-25(24-26)22-4-2/h13-21,23-24,26H,3-12,22H2,1-2H3. The van der Waals surface area contributed by atoms with Gasteiger partial charge in [0.05, 0.1) is 6.26 Å². The van der Waals surface area contributed by atoms with E-state index < -0.39 is 0 Å². The molecule has 0 aliphatic carbocycles. The Morgan fingerprint density at radius 3 is 1.73 bits per heavy atom. The smallest absolute Gasteiger partial charge is 0.0823 e. The zero-order chi connectivity index (χ0) is 19.1. The third kappa shape index (κ3) is 18.6. The van der Waals surface area contributed by atoms with Crippen molar-refractivity contribution in [2.45, 2.75) is 84.5 Å². The molecule has 0 atom stereocenters. The second-order valence-electron chi connectivity index (χ2n) is 6.66. The fourth-order valence-electron chi connectivity index (χ4n) is 2.61. The maximum atomic E-state index is 9.03. The van der Waals surface area contributed by atoms with Gasteiger partial charge in [-0.15, -0.1) is 0 Å². The summed E-state index contributed by atoms with van der Waals surface area (Å²) in [5.41, 5.74) is 0.961. The molecule has 1 N–H and O–H groups in total. The summed E-state index contributed by atoms with van der Waals surface area (Å²) < 4.78 is 0. The molecule has 26 heavy (non-hydrogen) atoms. The Bertz CT molecular complexity index is 461. The van der Waals surface area contributed by atoms with Crippen molar-refractivity contribution < 1.29 is 5.11 Å². The molecule has 0 amide bonds. The molecular formula is C25H40O. The first-order valence-corrected chi connectivity index (χ1v) is 10.5. The highest BCUT2D eigenvalue weighted by Crippen LogP contribution is 2.09. The van der Waals surface area contributed by atoms with Crippen LogP contribution in [-0.4, -0.2) is 5.11 Å². The first-order chi connectivity index (χ1) is 12.8. The number of hydrogen-bond acceptors (Lipinski definition) is 1. The highest BCUT2D eigenvalue weighted by atomic mass is 16.2. The minimum absolute atomic E-state index is 0.907. The molecule has 0 spiro atoms. The third-order valence-electron chi connectivity index (χ3n) is 4.15. The maximum Gasteiger partial charge on any atom is 0.0823 e. The first-order valence-electron chi connectivity index (χ1n) is 10.5. The Morgan fingerprint density at radius 1 is 0.615 bits per heavy atom. The Balaban J connectivity index is 3.64. The van der Waals surface area contributed by atoms with Crippen LogP contribution in [0.15, 0.2) is 72.6 Å². The average Bonchev–Trinajstić information content (AvgIpc) is 2.66. The summed E-state index contributed by atoms with van der Waals surface area (Å²) in [6.07, 6.45) is 35.8. The van der Waals surface area contributed by atoms with Crippen LogP contribution in [0, 0.1) is 0 Å². The van der Waals surface area contributed by atoms with E-state index in [1.54, 1.807) is 0 Å². The number of hydrogen-bond donors (Lipinski definition) is 1. The highest BCUT2D eigenvalue weighted by molar-refractivity contribution is 5.23. The van der Waals surface area contributed by atoms with Gasteiger partial charge in [-0.2, -0.15) is 0 Å².